The molecule has 0 saturated carbocycles. The monoisotopic (exact) mass is 337 g/mol. The summed E-state index contributed by atoms with van der Waals surface area (Å²) in [6, 6.07) is 12.2. The molecule has 1 saturated heterocycles. The maximum atomic E-state index is 14.3. The maximum absolute atomic E-state index is 14.3. The Labute approximate surface area is 145 Å². The van der Waals surface area contributed by atoms with Gasteiger partial charge in [-0.05, 0) is 42.5 Å². The fraction of sp³-hybridized carbons (Fsp3) is 0.211. The summed E-state index contributed by atoms with van der Waals surface area (Å²) in [6.45, 7) is 0.960. The molecule has 1 aliphatic heterocycles. The van der Waals surface area contributed by atoms with Gasteiger partial charge in [0.05, 0.1) is 4.92 Å². The molecule has 0 unspecified atom stereocenters. The van der Waals surface area contributed by atoms with Crippen molar-refractivity contribution in [2.75, 3.05) is 18.0 Å². The molecule has 1 aromatic heterocycles. The Balaban J connectivity index is 1.72. The van der Waals surface area contributed by atoms with Gasteiger partial charge in [0.1, 0.15) is 0 Å². The topological polar surface area (TPSA) is 59.3 Å². The van der Waals surface area contributed by atoms with Crippen molar-refractivity contribution in [1.29, 1.82) is 0 Å². The maximum Gasteiger partial charge on any atom is 0.311 e. The van der Waals surface area contributed by atoms with Gasteiger partial charge < -0.3 is 4.90 Å². The first kappa shape index (κ1) is 16.7. The molecule has 1 aliphatic rings. The number of nitro groups is 1. The van der Waals surface area contributed by atoms with E-state index in [-0.39, 0.29) is 5.69 Å². The standard InChI is InChI=1S/C19H16FN3O2/c20-17(9-8-15-5-2-1-3-6-15)16-10-13-22(14-11-16)19-18(23(24)25)7-4-12-21-19/h1-7,12H,10-11,13-14H2. The van der Waals surface area contributed by atoms with Crippen molar-refractivity contribution >= 4 is 11.5 Å². The van der Waals surface area contributed by atoms with Crippen LogP contribution in [-0.4, -0.2) is 23.0 Å². The van der Waals surface area contributed by atoms with Gasteiger partial charge in [0.25, 0.3) is 0 Å². The molecule has 1 fully saturated rings. The SMILES string of the molecule is O=[N+]([O-])c1cccnc1N1CCC(=C(F)C#Cc2ccccc2)CC1. The molecule has 2 heterocycles. The first-order valence-corrected chi connectivity index (χ1v) is 7.94. The van der Waals surface area contributed by atoms with Crippen LogP contribution >= 0.6 is 0 Å². The van der Waals surface area contributed by atoms with Crippen molar-refractivity contribution in [2.45, 2.75) is 12.8 Å². The molecule has 3 rings (SSSR count). The summed E-state index contributed by atoms with van der Waals surface area (Å²) in [6.07, 6.45) is 2.48. The molecule has 0 bridgehead atoms. The van der Waals surface area contributed by atoms with E-state index in [0.29, 0.717) is 37.3 Å². The normalized spacial score (nSPS) is 13.8. The Morgan fingerprint density at radius 1 is 1.16 bits per heavy atom. The van der Waals surface area contributed by atoms with E-state index in [0.717, 1.165) is 5.56 Å². The first-order valence-electron chi connectivity index (χ1n) is 7.94. The van der Waals surface area contributed by atoms with Crippen LogP contribution in [0.25, 0.3) is 0 Å². The number of halogens is 1. The molecule has 5 nitrogen and oxygen atoms in total. The molecule has 0 atom stereocenters. The first-order chi connectivity index (χ1) is 12.1. The van der Waals surface area contributed by atoms with Crippen molar-refractivity contribution in [1.82, 2.24) is 4.98 Å². The third-order valence-electron chi connectivity index (χ3n) is 4.03. The Kier molecular flexibility index (Phi) is 5.05. The number of piperidine rings is 1. The van der Waals surface area contributed by atoms with Crippen molar-refractivity contribution < 1.29 is 9.31 Å². The highest BCUT2D eigenvalue weighted by molar-refractivity contribution is 5.58. The number of benzene rings is 1. The summed E-state index contributed by atoms with van der Waals surface area (Å²) in [7, 11) is 0. The van der Waals surface area contributed by atoms with Crippen LogP contribution in [0.5, 0.6) is 0 Å². The Hall–Kier alpha value is -3.20. The van der Waals surface area contributed by atoms with Gasteiger partial charge in [-0.1, -0.05) is 24.1 Å². The molecular weight excluding hydrogens is 321 g/mol. The molecule has 0 amide bonds. The lowest BCUT2D eigenvalue weighted by Crippen LogP contribution is -2.32. The third kappa shape index (κ3) is 4.01. The highest BCUT2D eigenvalue weighted by Gasteiger charge is 2.24. The highest BCUT2D eigenvalue weighted by atomic mass is 19.1. The number of pyridine rings is 1. The van der Waals surface area contributed by atoms with E-state index >= 15 is 0 Å². The van der Waals surface area contributed by atoms with Crippen molar-refractivity contribution in [3.05, 3.63) is 75.7 Å². The lowest BCUT2D eigenvalue weighted by Gasteiger charge is -2.28. The molecule has 25 heavy (non-hydrogen) atoms. The summed E-state index contributed by atoms with van der Waals surface area (Å²) in [5.41, 5.74) is 1.39. The van der Waals surface area contributed by atoms with Crippen LogP contribution in [0.1, 0.15) is 18.4 Å². The zero-order valence-corrected chi connectivity index (χ0v) is 13.5. The Morgan fingerprint density at radius 3 is 2.56 bits per heavy atom. The molecule has 0 radical (unpaired) electrons. The van der Waals surface area contributed by atoms with Crippen LogP contribution in [0.4, 0.5) is 15.9 Å². The second kappa shape index (κ2) is 7.58. The number of hydrogen-bond acceptors (Lipinski definition) is 4. The van der Waals surface area contributed by atoms with Gasteiger partial charge in [-0.25, -0.2) is 4.98 Å². The second-order valence-corrected chi connectivity index (χ2v) is 5.62. The predicted molar refractivity (Wildman–Crippen MR) is 93.8 cm³/mol. The number of aromatic nitrogens is 1. The molecule has 6 heteroatoms. The summed E-state index contributed by atoms with van der Waals surface area (Å²) in [5, 5.41) is 11.1. The van der Waals surface area contributed by atoms with Crippen LogP contribution in [0.3, 0.4) is 0 Å². The van der Waals surface area contributed by atoms with Crippen LogP contribution < -0.4 is 4.90 Å². The minimum absolute atomic E-state index is 0.0285. The zero-order chi connectivity index (χ0) is 17.6. The average molecular weight is 337 g/mol. The van der Waals surface area contributed by atoms with Crippen molar-refractivity contribution in [2.24, 2.45) is 0 Å². The van der Waals surface area contributed by atoms with E-state index in [4.69, 9.17) is 0 Å². The van der Waals surface area contributed by atoms with E-state index in [1.54, 1.807) is 0 Å². The zero-order valence-electron chi connectivity index (χ0n) is 13.5. The highest BCUT2D eigenvalue weighted by Crippen LogP contribution is 2.29. The largest absolute Gasteiger partial charge is 0.350 e. The minimum Gasteiger partial charge on any atom is -0.350 e. The smallest absolute Gasteiger partial charge is 0.311 e. The van der Waals surface area contributed by atoms with Crippen molar-refractivity contribution in [3.63, 3.8) is 0 Å². The van der Waals surface area contributed by atoms with E-state index in [9.17, 15) is 14.5 Å². The fourth-order valence-electron chi connectivity index (χ4n) is 2.72. The molecule has 126 valence electrons. The number of hydrogen-bond donors (Lipinski definition) is 0. The van der Waals surface area contributed by atoms with Crippen LogP contribution in [0.15, 0.2) is 60.1 Å². The van der Waals surface area contributed by atoms with E-state index in [2.05, 4.69) is 16.8 Å². The van der Waals surface area contributed by atoms with E-state index < -0.39 is 10.8 Å². The van der Waals surface area contributed by atoms with Gasteiger partial charge in [0.2, 0.25) is 5.82 Å². The number of rotatable bonds is 2. The predicted octanol–water partition coefficient (Wildman–Crippen LogP) is 3.87. The quantitative estimate of drug-likeness (QED) is 0.474. The molecule has 0 aliphatic carbocycles. The second-order valence-electron chi connectivity index (χ2n) is 5.62. The third-order valence-corrected chi connectivity index (χ3v) is 4.03. The van der Waals surface area contributed by atoms with Gasteiger partial charge in [0.15, 0.2) is 5.83 Å². The molecule has 0 spiro atoms. The van der Waals surface area contributed by atoms with Gasteiger partial charge in [-0.15, -0.1) is 0 Å². The van der Waals surface area contributed by atoms with E-state index in [1.807, 2.05) is 35.2 Å². The summed E-state index contributed by atoms with van der Waals surface area (Å²) >= 11 is 0. The number of allylic oxidation sites excluding steroid dienone is 1. The molecular formula is C19H16FN3O2. The summed E-state index contributed by atoms with van der Waals surface area (Å²) in [4.78, 5) is 16.6. The Bertz CT molecular complexity index is 859. The molecule has 0 N–H and O–H groups in total. The van der Waals surface area contributed by atoms with Gasteiger partial charge in [-0.3, -0.25) is 10.1 Å². The van der Waals surface area contributed by atoms with Gasteiger partial charge in [-0.2, -0.15) is 4.39 Å². The summed E-state index contributed by atoms with van der Waals surface area (Å²) in [5.74, 6) is 5.32. The average Bonchev–Trinajstić information content (AvgIpc) is 2.67. The summed E-state index contributed by atoms with van der Waals surface area (Å²) < 4.78 is 14.3. The lowest BCUT2D eigenvalue weighted by atomic mass is 10.0. The minimum atomic E-state index is -0.445. The number of anilines is 1. The lowest BCUT2D eigenvalue weighted by molar-refractivity contribution is -0.384. The van der Waals surface area contributed by atoms with Crippen molar-refractivity contribution in [3.8, 4) is 11.8 Å². The van der Waals surface area contributed by atoms with Gasteiger partial charge in [0, 0.05) is 30.9 Å². The number of nitrogens with zero attached hydrogens (tertiary/aromatic N) is 3. The van der Waals surface area contributed by atoms with E-state index in [1.165, 1.54) is 18.3 Å². The van der Waals surface area contributed by atoms with Crippen LogP contribution in [-0.2, 0) is 0 Å². The molecule has 2 aromatic rings. The van der Waals surface area contributed by atoms with Crippen LogP contribution in [0.2, 0.25) is 0 Å². The Morgan fingerprint density at radius 2 is 1.88 bits per heavy atom. The fourth-order valence-corrected chi connectivity index (χ4v) is 2.72. The molecule has 1 aromatic carbocycles. The van der Waals surface area contributed by atoms with Crippen LogP contribution in [0, 0.1) is 22.0 Å². The van der Waals surface area contributed by atoms with Gasteiger partial charge >= 0.3 is 5.69 Å².